The van der Waals surface area contributed by atoms with Crippen LogP contribution >= 0.6 is 0 Å². The predicted molar refractivity (Wildman–Crippen MR) is 58.1 cm³/mol. The van der Waals surface area contributed by atoms with E-state index in [9.17, 15) is 18.0 Å². The number of benzene rings is 1. The maximum absolute atomic E-state index is 12.4. The van der Waals surface area contributed by atoms with Crippen molar-refractivity contribution in [1.29, 1.82) is 0 Å². The zero-order chi connectivity index (χ0) is 13.3. The monoisotopic (exact) mass is 259 g/mol. The van der Waals surface area contributed by atoms with Crippen molar-refractivity contribution in [2.75, 3.05) is 13.2 Å². The average Bonchev–Trinajstić information content (AvgIpc) is 2.73. The Bertz CT molecular complexity index is 442. The van der Waals surface area contributed by atoms with Crippen molar-refractivity contribution in [2.45, 2.75) is 12.2 Å². The maximum Gasteiger partial charge on any atom is 0.416 e. The first-order valence-corrected chi connectivity index (χ1v) is 5.44. The number of ether oxygens (including phenoxy) is 1. The van der Waals surface area contributed by atoms with E-state index < -0.39 is 17.7 Å². The normalized spacial score (nSPS) is 24.2. The Morgan fingerprint density at radius 1 is 1.22 bits per heavy atom. The van der Waals surface area contributed by atoms with Crippen LogP contribution in [-0.2, 0) is 10.9 Å². The van der Waals surface area contributed by atoms with Gasteiger partial charge in [-0.2, -0.15) is 13.2 Å². The Balaban J connectivity index is 2.17. The van der Waals surface area contributed by atoms with E-state index in [0.717, 1.165) is 12.1 Å². The molecule has 2 N–H and O–H groups in total. The second kappa shape index (κ2) is 4.70. The molecule has 0 amide bonds. The van der Waals surface area contributed by atoms with Crippen LogP contribution in [0, 0.1) is 5.92 Å². The molecule has 2 atom stereocenters. The van der Waals surface area contributed by atoms with Crippen LogP contribution < -0.4 is 5.73 Å². The van der Waals surface area contributed by atoms with Crippen molar-refractivity contribution in [2.24, 2.45) is 11.7 Å². The van der Waals surface area contributed by atoms with E-state index in [1.165, 1.54) is 12.1 Å². The van der Waals surface area contributed by atoms with E-state index in [1.54, 1.807) is 0 Å². The molecule has 98 valence electrons. The zero-order valence-corrected chi connectivity index (χ0v) is 9.41. The first kappa shape index (κ1) is 13.0. The van der Waals surface area contributed by atoms with Gasteiger partial charge >= 0.3 is 6.18 Å². The van der Waals surface area contributed by atoms with E-state index in [-0.39, 0.29) is 24.0 Å². The summed E-state index contributed by atoms with van der Waals surface area (Å²) in [6, 6.07) is 3.76. The van der Waals surface area contributed by atoms with E-state index in [2.05, 4.69) is 0 Å². The van der Waals surface area contributed by atoms with Crippen molar-refractivity contribution in [3.63, 3.8) is 0 Å². The van der Waals surface area contributed by atoms with Gasteiger partial charge in [-0.15, -0.1) is 0 Å². The minimum absolute atomic E-state index is 0.223. The summed E-state index contributed by atoms with van der Waals surface area (Å²) in [6.45, 7) is 0.526. The van der Waals surface area contributed by atoms with Gasteiger partial charge in [-0.05, 0) is 12.1 Å². The fraction of sp³-hybridized carbons (Fsp3) is 0.417. The van der Waals surface area contributed by atoms with Crippen LogP contribution in [0.25, 0.3) is 0 Å². The van der Waals surface area contributed by atoms with Crippen LogP contribution in [0.2, 0.25) is 0 Å². The van der Waals surface area contributed by atoms with Gasteiger partial charge < -0.3 is 10.5 Å². The van der Waals surface area contributed by atoms with E-state index in [0.29, 0.717) is 6.61 Å². The van der Waals surface area contributed by atoms with Crippen LogP contribution in [-0.4, -0.2) is 25.0 Å². The number of hydrogen-bond acceptors (Lipinski definition) is 3. The lowest BCUT2D eigenvalue weighted by atomic mass is 9.93. The standard InChI is InChI=1S/C12H12F3NO2/c13-12(14,15)8-3-1-7(2-4-8)11(17)9-5-18-6-10(9)16/h1-4,9-10H,5-6,16H2. The number of hydrogen-bond donors (Lipinski definition) is 1. The summed E-state index contributed by atoms with van der Waals surface area (Å²) in [7, 11) is 0. The van der Waals surface area contributed by atoms with Crippen molar-refractivity contribution in [3.8, 4) is 0 Å². The van der Waals surface area contributed by atoms with E-state index >= 15 is 0 Å². The number of carbonyl (C=O) groups is 1. The highest BCUT2D eigenvalue weighted by molar-refractivity contribution is 5.98. The maximum atomic E-state index is 12.4. The number of nitrogens with two attached hydrogens (primary N) is 1. The summed E-state index contributed by atoms with van der Waals surface area (Å²) in [5.41, 5.74) is 5.15. The van der Waals surface area contributed by atoms with Gasteiger partial charge in [-0.3, -0.25) is 4.79 Å². The quantitative estimate of drug-likeness (QED) is 0.825. The number of ketones is 1. The first-order chi connectivity index (χ1) is 8.39. The first-order valence-electron chi connectivity index (χ1n) is 5.44. The molecule has 1 aromatic rings. The topological polar surface area (TPSA) is 52.3 Å². The van der Waals surface area contributed by atoms with E-state index in [4.69, 9.17) is 10.5 Å². The molecule has 1 aromatic carbocycles. The summed E-state index contributed by atoms with van der Waals surface area (Å²) in [4.78, 5) is 12.0. The number of halogens is 3. The van der Waals surface area contributed by atoms with Crippen molar-refractivity contribution >= 4 is 5.78 Å². The minimum Gasteiger partial charge on any atom is -0.379 e. The molecule has 0 bridgehead atoms. The van der Waals surface area contributed by atoms with Crippen molar-refractivity contribution < 1.29 is 22.7 Å². The number of alkyl halides is 3. The molecule has 1 aliphatic heterocycles. The molecule has 1 saturated heterocycles. The minimum atomic E-state index is -4.39. The SMILES string of the molecule is NC1COCC1C(=O)c1ccc(C(F)(F)F)cc1. The molecule has 3 nitrogen and oxygen atoms in total. The van der Waals surface area contributed by atoms with Gasteiger partial charge in [0.25, 0.3) is 0 Å². The number of Topliss-reactive ketones (excluding diaryl/α,β-unsaturated/α-hetero) is 1. The van der Waals surface area contributed by atoms with Gasteiger partial charge in [-0.1, -0.05) is 12.1 Å². The summed E-state index contributed by atoms with van der Waals surface area (Å²) in [5, 5.41) is 0. The predicted octanol–water partition coefficient (Wildman–Crippen LogP) is 1.86. The molecule has 6 heteroatoms. The van der Waals surface area contributed by atoms with Gasteiger partial charge in [0.1, 0.15) is 0 Å². The fourth-order valence-electron chi connectivity index (χ4n) is 1.88. The second-order valence-electron chi connectivity index (χ2n) is 4.25. The summed E-state index contributed by atoms with van der Waals surface area (Å²) < 4.78 is 42.1. The lowest BCUT2D eigenvalue weighted by molar-refractivity contribution is -0.137. The van der Waals surface area contributed by atoms with Crippen LogP contribution in [0.4, 0.5) is 13.2 Å². The number of rotatable bonds is 2. The second-order valence-corrected chi connectivity index (χ2v) is 4.25. The van der Waals surface area contributed by atoms with Crippen LogP contribution in [0.3, 0.4) is 0 Å². The van der Waals surface area contributed by atoms with Gasteiger partial charge in [0.2, 0.25) is 0 Å². The molecule has 0 saturated carbocycles. The van der Waals surface area contributed by atoms with Gasteiger partial charge in [0.05, 0.1) is 24.7 Å². The van der Waals surface area contributed by atoms with E-state index in [1.807, 2.05) is 0 Å². The largest absolute Gasteiger partial charge is 0.416 e. The average molecular weight is 259 g/mol. The molecule has 18 heavy (non-hydrogen) atoms. The highest BCUT2D eigenvalue weighted by Crippen LogP contribution is 2.29. The highest BCUT2D eigenvalue weighted by Gasteiger charge is 2.33. The third kappa shape index (κ3) is 2.54. The summed E-state index contributed by atoms with van der Waals surface area (Å²) >= 11 is 0. The Labute approximate surface area is 102 Å². The van der Waals surface area contributed by atoms with Crippen LogP contribution in [0.1, 0.15) is 15.9 Å². The van der Waals surface area contributed by atoms with Gasteiger partial charge in [0, 0.05) is 11.6 Å². The molecule has 1 fully saturated rings. The van der Waals surface area contributed by atoms with Crippen LogP contribution in [0.15, 0.2) is 24.3 Å². The fourth-order valence-corrected chi connectivity index (χ4v) is 1.88. The Hall–Kier alpha value is -1.40. The molecule has 1 heterocycles. The summed E-state index contributed by atoms with van der Waals surface area (Å²) in [6.07, 6.45) is -4.39. The van der Waals surface area contributed by atoms with Gasteiger partial charge in [-0.25, -0.2) is 0 Å². The molecule has 0 aromatic heterocycles. The molecule has 0 radical (unpaired) electrons. The Morgan fingerprint density at radius 2 is 1.83 bits per heavy atom. The van der Waals surface area contributed by atoms with Crippen molar-refractivity contribution in [1.82, 2.24) is 0 Å². The van der Waals surface area contributed by atoms with Crippen molar-refractivity contribution in [3.05, 3.63) is 35.4 Å². The summed E-state index contributed by atoms with van der Waals surface area (Å²) in [5.74, 6) is -0.740. The zero-order valence-electron chi connectivity index (χ0n) is 9.41. The highest BCUT2D eigenvalue weighted by atomic mass is 19.4. The third-order valence-electron chi connectivity index (χ3n) is 2.96. The number of carbonyl (C=O) groups excluding carboxylic acids is 1. The molecule has 2 rings (SSSR count). The molecule has 1 aliphatic rings. The lowest BCUT2D eigenvalue weighted by Gasteiger charge is -2.12. The Kier molecular flexibility index (Phi) is 3.41. The Morgan fingerprint density at radius 3 is 2.28 bits per heavy atom. The molecule has 0 spiro atoms. The van der Waals surface area contributed by atoms with Crippen LogP contribution in [0.5, 0.6) is 0 Å². The molecular weight excluding hydrogens is 247 g/mol. The third-order valence-corrected chi connectivity index (χ3v) is 2.96. The molecular formula is C12H12F3NO2. The molecule has 2 unspecified atom stereocenters. The van der Waals surface area contributed by atoms with Gasteiger partial charge in [0.15, 0.2) is 5.78 Å². The smallest absolute Gasteiger partial charge is 0.379 e. The molecule has 0 aliphatic carbocycles. The lowest BCUT2D eigenvalue weighted by Crippen LogP contribution is -2.34.